The van der Waals surface area contributed by atoms with Crippen molar-refractivity contribution in [2.24, 2.45) is 7.05 Å². The van der Waals surface area contributed by atoms with Gasteiger partial charge in [0.1, 0.15) is 5.82 Å². The first-order valence-electron chi connectivity index (χ1n) is 5.83. The van der Waals surface area contributed by atoms with E-state index in [-0.39, 0.29) is 0 Å². The molecule has 0 aliphatic heterocycles. The van der Waals surface area contributed by atoms with Crippen LogP contribution in [0.15, 0.2) is 40.6 Å². The van der Waals surface area contributed by atoms with Crippen molar-refractivity contribution < 1.29 is 0 Å². The van der Waals surface area contributed by atoms with E-state index in [9.17, 15) is 0 Å². The van der Waals surface area contributed by atoms with Gasteiger partial charge >= 0.3 is 0 Å². The minimum absolute atomic E-state index is 0.755. The molecule has 2 aromatic heterocycles. The van der Waals surface area contributed by atoms with E-state index < -0.39 is 0 Å². The molecule has 0 fully saturated rings. The van der Waals surface area contributed by atoms with Gasteiger partial charge < -0.3 is 10.3 Å². The standard InChI is InChI=1S/C13H13N5S/c1-8-16-17-13(18(8)2)19-11-4-3-9-7-15-6-5-10(9)12(11)14/h3-7H,14H2,1-2H3. The van der Waals surface area contributed by atoms with Gasteiger partial charge in [0, 0.05) is 35.1 Å². The minimum atomic E-state index is 0.755. The van der Waals surface area contributed by atoms with Gasteiger partial charge in [-0.05, 0) is 30.8 Å². The fraction of sp³-hybridized carbons (Fsp3) is 0.154. The first kappa shape index (κ1) is 12.0. The number of aryl methyl sites for hydroxylation is 1. The quantitative estimate of drug-likeness (QED) is 0.725. The Labute approximate surface area is 114 Å². The smallest absolute Gasteiger partial charge is 0.195 e. The predicted octanol–water partition coefficient (Wildman–Crippen LogP) is 2.41. The Hall–Kier alpha value is -2.08. The number of benzene rings is 1. The maximum Gasteiger partial charge on any atom is 0.195 e. The molecule has 0 saturated carbocycles. The Morgan fingerprint density at radius 3 is 2.79 bits per heavy atom. The second-order valence-corrected chi connectivity index (χ2v) is 5.27. The van der Waals surface area contributed by atoms with E-state index in [1.165, 1.54) is 11.8 Å². The minimum Gasteiger partial charge on any atom is -0.397 e. The lowest BCUT2D eigenvalue weighted by molar-refractivity contribution is 0.766. The van der Waals surface area contributed by atoms with Crippen molar-refractivity contribution >= 4 is 28.2 Å². The topological polar surface area (TPSA) is 69.6 Å². The van der Waals surface area contributed by atoms with Crippen LogP contribution in [0.5, 0.6) is 0 Å². The molecule has 0 aliphatic rings. The lowest BCUT2D eigenvalue weighted by atomic mass is 10.1. The molecule has 3 aromatic rings. The van der Waals surface area contributed by atoms with E-state index in [0.717, 1.165) is 32.3 Å². The van der Waals surface area contributed by atoms with Crippen LogP contribution in [0.25, 0.3) is 10.8 Å². The van der Waals surface area contributed by atoms with E-state index in [4.69, 9.17) is 5.73 Å². The zero-order valence-corrected chi connectivity index (χ0v) is 11.5. The number of hydrogen-bond acceptors (Lipinski definition) is 5. The fourth-order valence-electron chi connectivity index (χ4n) is 1.84. The third kappa shape index (κ3) is 2.04. The van der Waals surface area contributed by atoms with Gasteiger partial charge in [-0.1, -0.05) is 6.07 Å². The number of nitrogen functional groups attached to an aromatic ring is 1. The van der Waals surface area contributed by atoms with Crippen LogP contribution in [0, 0.1) is 6.92 Å². The van der Waals surface area contributed by atoms with Crippen molar-refractivity contribution in [1.82, 2.24) is 19.7 Å². The van der Waals surface area contributed by atoms with Gasteiger partial charge in [0.05, 0.1) is 5.69 Å². The summed E-state index contributed by atoms with van der Waals surface area (Å²) in [4.78, 5) is 5.08. The molecule has 6 heteroatoms. The SMILES string of the molecule is Cc1nnc(Sc2ccc3cnccc3c2N)n1C. The summed E-state index contributed by atoms with van der Waals surface area (Å²) in [6.45, 7) is 1.92. The fourth-order valence-corrected chi connectivity index (χ4v) is 2.74. The summed E-state index contributed by atoms with van der Waals surface area (Å²) >= 11 is 1.52. The van der Waals surface area contributed by atoms with Crippen LogP contribution in [-0.2, 0) is 7.05 Å². The number of fused-ring (bicyclic) bond motifs is 1. The van der Waals surface area contributed by atoms with Gasteiger partial charge in [-0.2, -0.15) is 0 Å². The maximum absolute atomic E-state index is 6.22. The van der Waals surface area contributed by atoms with Gasteiger partial charge in [0.15, 0.2) is 5.16 Å². The third-order valence-corrected chi connectivity index (χ3v) is 4.19. The van der Waals surface area contributed by atoms with Crippen LogP contribution < -0.4 is 5.73 Å². The molecule has 0 aliphatic carbocycles. The van der Waals surface area contributed by atoms with Crippen molar-refractivity contribution in [3.8, 4) is 0 Å². The summed E-state index contributed by atoms with van der Waals surface area (Å²) in [7, 11) is 1.94. The summed E-state index contributed by atoms with van der Waals surface area (Å²) < 4.78 is 1.95. The average molecular weight is 271 g/mol. The van der Waals surface area contributed by atoms with Crippen LogP contribution in [0.1, 0.15) is 5.82 Å². The number of anilines is 1. The van der Waals surface area contributed by atoms with Crippen LogP contribution in [-0.4, -0.2) is 19.7 Å². The highest BCUT2D eigenvalue weighted by Gasteiger charge is 2.11. The van der Waals surface area contributed by atoms with Crippen LogP contribution >= 0.6 is 11.8 Å². The van der Waals surface area contributed by atoms with Gasteiger partial charge in [-0.25, -0.2) is 0 Å². The Bertz CT molecular complexity index is 750. The van der Waals surface area contributed by atoms with Crippen LogP contribution in [0.2, 0.25) is 0 Å². The molecule has 2 N–H and O–H groups in total. The number of nitrogens with two attached hydrogens (primary N) is 1. The molecular formula is C13H13N5S. The molecule has 0 amide bonds. The lowest BCUT2D eigenvalue weighted by Gasteiger charge is -2.08. The molecule has 0 spiro atoms. The molecule has 0 atom stereocenters. The third-order valence-electron chi connectivity index (χ3n) is 3.08. The molecule has 5 nitrogen and oxygen atoms in total. The van der Waals surface area contributed by atoms with Gasteiger partial charge in [0.2, 0.25) is 0 Å². The van der Waals surface area contributed by atoms with Crippen molar-refractivity contribution in [2.75, 3.05) is 5.73 Å². The predicted molar refractivity (Wildman–Crippen MR) is 76.0 cm³/mol. The van der Waals surface area contributed by atoms with E-state index >= 15 is 0 Å². The molecule has 2 heterocycles. The molecule has 0 radical (unpaired) electrons. The van der Waals surface area contributed by atoms with Crippen molar-refractivity contribution in [1.29, 1.82) is 0 Å². The Morgan fingerprint density at radius 1 is 1.21 bits per heavy atom. The molecule has 0 saturated heterocycles. The monoisotopic (exact) mass is 271 g/mol. The Balaban J connectivity index is 2.06. The highest BCUT2D eigenvalue weighted by molar-refractivity contribution is 7.99. The number of pyridine rings is 1. The van der Waals surface area contributed by atoms with Crippen molar-refractivity contribution in [3.63, 3.8) is 0 Å². The molecule has 96 valence electrons. The maximum atomic E-state index is 6.22. The highest BCUT2D eigenvalue weighted by atomic mass is 32.2. The Morgan fingerprint density at radius 2 is 2.05 bits per heavy atom. The van der Waals surface area contributed by atoms with E-state index in [1.54, 1.807) is 6.20 Å². The first-order chi connectivity index (χ1) is 9.16. The first-order valence-corrected chi connectivity index (χ1v) is 6.64. The molecule has 1 aromatic carbocycles. The summed E-state index contributed by atoms with van der Waals surface area (Å²) in [5.74, 6) is 0.881. The average Bonchev–Trinajstić information content (AvgIpc) is 2.74. The second kappa shape index (κ2) is 4.55. The summed E-state index contributed by atoms with van der Waals surface area (Å²) in [6, 6.07) is 5.94. The zero-order valence-electron chi connectivity index (χ0n) is 10.7. The van der Waals surface area contributed by atoms with Crippen molar-refractivity contribution in [2.45, 2.75) is 17.0 Å². The second-order valence-electron chi connectivity index (χ2n) is 4.27. The number of aromatic nitrogens is 4. The van der Waals surface area contributed by atoms with E-state index in [0.29, 0.717) is 0 Å². The van der Waals surface area contributed by atoms with Crippen LogP contribution in [0.3, 0.4) is 0 Å². The summed E-state index contributed by atoms with van der Waals surface area (Å²) in [5.41, 5.74) is 6.97. The number of rotatable bonds is 2. The molecule has 0 unspecified atom stereocenters. The van der Waals surface area contributed by atoms with Gasteiger partial charge in [-0.15, -0.1) is 10.2 Å². The largest absolute Gasteiger partial charge is 0.397 e. The lowest BCUT2D eigenvalue weighted by Crippen LogP contribution is -1.95. The molecule has 3 rings (SSSR count). The van der Waals surface area contributed by atoms with E-state index in [1.807, 2.05) is 42.9 Å². The summed E-state index contributed by atoms with van der Waals surface area (Å²) in [5, 5.41) is 11.1. The molecular weight excluding hydrogens is 258 g/mol. The number of nitrogens with zero attached hydrogens (tertiary/aromatic N) is 4. The van der Waals surface area contributed by atoms with Crippen LogP contribution in [0.4, 0.5) is 5.69 Å². The summed E-state index contributed by atoms with van der Waals surface area (Å²) in [6.07, 6.45) is 3.56. The highest BCUT2D eigenvalue weighted by Crippen LogP contribution is 2.35. The normalized spacial score (nSPS) is 11.1. The number of hydrogen-bond donors (Lipinski definition) is 1. The Kier molecular flexibility index (Phi) is 2.87. The molecule has 19 heavy (non-hydrogen) atoms. The van der Waals surface area contributed by atoms with E-state index in [2.05, 4.69) is 15.2 Å². The van der Waals surface area contributed by atoms with Gasteiger partial charge in [-0.3, -0.25) is 4.98 Å². The zero-order chi connectivity index (χ0) is 13.4. The van der Waals surface area contributed by atoms with Gasteiger partial charge in [0.25, 0.3) is 0 Å². The van der Waals surface area contributed by atoms with Crippen molar-refractivity contribution in [3.05, 3.63) is 36.4 Å². The molecule has 0 bridgehead atoms.